The molecule has 1 N–H and O–H groups in total. The van der Waals surface area contributed by atoms with Crippen LogP contribution in [0.25, 0.3) is 11.1 Å². The van der Waals surface area contributed by atoms with Gasteiger partial charge in [0.2, 0.25) is 0 Å². The molecule has 0 amide bonds. The molecule has 4 heteroatoms. The van der Waals surface area contributed by atoms with Gasteiger partial charge in [0.15, 0.2) is 17.5 Å². The molecule has 0 saturated carbocycles. The van der Waals surface area contributed by atoms with Crippen molar-refractivity contribution in [3.8, 4) is 11.1 Å². The smallest absolute Gasteiger partial charge is 0.194 e. The molecule has 0 heterocycles. The number of rotatable bonds is 2. The van der Waals surface area contributed by atoms with Crippen molar-refractivity contribution in [3.63, 3.8) is 0 Å². The molecular weight excluding hydrogens is 263 g/mol. The van der Waals surface area contributed by atoms with Crippen LogP contribution in [-0.2, 0) is 6.42 Å². The van der Waals surface area contributed by atoms with E-state index in [1.54, 1.807) is 0 Å². The maximum absolute atomic E-state index is 13.3. The van der Waals surface area contributed by atoms with Crippen LogP contribution in [-0.4, -0.2) is 7.05 Å². The summed E-state index contributed by atoms with van der Waals surface area (Å²) in [5.74, 6) is -3.74. The zero-order valence-electron chi connectivity index (χ0n) is 11.0. The maximum Gasteiger partial charge on any atom is 0.194 e. The zero-order valence-corrected chi connectivity index (χ0v) is 11.0. The Hall–Kier alpha value is -1.81. The summed E-state index contributed by atoms with van der Waals surface area (Å²) in [6.45, 7) is 0. The van der Waals surface area contributed by atoms with E-state index in [9.17, 15) is 13.2 Å². The number of benzene rings is 2. The minimum atomic E-state index is -1.43. The summed E-state index contributed by atoms with van der Waals surface area (Å²) < 4.78 is 39.6. The molecule has 1 aliphatic carbocycles. The monoisotopic (exact) mass is 277 g/mol. The molecule has 0 radical (unpaired) electrons. The minimum absolute atomic E-state index is 0.334. The van der Waals surface area contributed by atoms with Crippen molar-refractivity contribution in [3.05, 3.63) is 58.9 Å². The topological polar surface area (TPSA) is 12.0 Å². The van der Waals surface area contributed by atoms with Gasteiger partial charge >= 0.3 is 0 Å². The van der Waals surface area contributed by atoms with E-state index in [-0.39, 0.29) is 0 Å². The maximum atomic E-state index is 13.3. The van der Waals surface area contributed by atoms with Gasteiger partial charge in [0.25, 0.3) is 0 Å². The van der Waals surface area contributed by atoms with E-state index in [2.05, 4.69) is 5.32 Å². The summed E-state index contributed by atoms with van der Waals surface area (Å²) in [6, 6.07) is 8.12. The van der Waals surface area contributed by atoms with Crippen LogP contribution >= 0.6 is 0 Å². The van der Waals surface area contributed by atoms with Crippen LogP contribution in [0.15, 0.2) is 30.3 Å². The summed E-state index contributed by atoms with van der Waals surface area (Å²) in [4.78, 5) is 0. The Morgan fingerprint density at radius 1 is 1.00 bits per heavy atom. The van der Waals surface area contributed by atoms with E-state index in [4.69, 9.17) is 0 Å². The first-order valence-electron chi connectivity index (χ1n) is 6.55. The number of fused-ring (bicyclic) bond motifs is 1. The number of hydrogen-bond acceptors (Lipinski definition) is 1. The average molecular weight is 277 g/mol. The molecule has 1 nitrogen and oxygen atoms in total. The lowest BCUT2D eigenvalue weighted by Crippen LogP contribution is -2.12. The molecule has 2 aromatic rings. The van der Waals surface area contributed by atoms with Crippen molar-refractivity contribution in [1.82, 2.24) is 5.32 Å². The second-order valence-corrected chi connectivity index (χ2v) is 5.05. The Morgan fingerprint density at radius 2 is 1.70 bits per heavy atom. The molecule has 0 fully saturated rings. The van der Waals surface area contributed by atoms with Gasteiger partial charge in [0.1, 0.15) is 0 Å². The molecule has 3 rings (SSSR count). The highest BCUT2D eigenvalue weighted by atomic mass is 19.2. The highest BCUT2D eigenvalue weighted by Gasteiger charge is 2.21. The van der Waals surface area contributed by atoms with Gasteiger partial charge in [-0.1, -0.05) is 18.2 Å². The van der Waals surface area contributed by atoms with E-state index >= 15 is 0 Å². The largest absolute Gasteiger partial charge is 0.313 e. The molecule has 0 spiro atoms. The molecule has 0 aromatic heterocycles. The van der Waals surface area contributed by atoms with E-state index in [1.165, 1.54) is 11.1 Å². The molecule has 0 bridgehead atoms. The van der Waals surface area contributed by atoms with Crippen LogP contribution in [0.3, 0.4) is 0 Å². The predicted octanol–water partition coefficient (Wildman–Crippen LogP) is 3.98. The van der Waals surface area contributed by atoms with Crippen molar-refractivity contribution in [2.24, 2.45) is 0 Å². The van der Waals surface area contributed by atoms with Gasteiger partial charge in [0, 0.05) is 6.04 Å². The second kappa shape index (κ2) is 4.94. The summed E-state index contributed by atoms with van der Waals surface area (Å²) in [5, 5.41) is 3.24. The van der Waals surface area contributed by atoms with Crippen LogP contribution in [0.5, 0.6) is 0 Å². The molecule has 1 aliphatic rings. The molecule has 20 heavy (non-hydrogen) atoms. The van der Waals surface area contributed by atoms with Gasteiger partial charge in [-0.25, -0.2) is 13.2 Å². The van der Waals surface area contributed by atoms with Crippen molar-refractivity contribution < 1.29 is 13.2 Å². The van der Waals surface area contributed by atoms with E-state index < -0.39 is 17.5 Å². The Labute approximate surface area is 115 Å². The standard InChI is InChI=1S/C16H14F3N/c1-20-15-5-3-10-6-9(2-4-12(10)15)11-7-13(17)16(19)14(18)8-11/h2,4,6-8,15,20H,3,5H2,1H3. The quantitative estimate of drug-likeness (QED) is 0.819. The SMILES string of the molecule is CNC1CCc2cc(-c3cc(F)c(F)c(F)c3)ccc21. The van der Waals surface area contributed by atoms with E-state index in [0.29, 0.717) is 17.2 Å². The highest BCUT2D eigenvalue weighted by molar-refractivity contribution is 5.65. The second-order valence-electron chi connectivity index (χ2n) is 5.05. The average Bonchev–Trinajstić information content (AvgIpc) is 2.86. The summed E-state index contributed by atoms with van der Waals surface area (Å²) in [5.41, 5.74) is 3.46. The fourth-order valence-electron chi connectivity index (χ4n) is 2.82. The molecule has 0 aliphatic heterocycles. The fourth-order valence-corrected chi connectivity index (χ4v) is 2.82. The molecule has 2 aromatic carbocycles. The van der Waals surface area contributed by atoms with Gasteiger partial charge in [-0.2, -0.15) is 0 Å². The molecule has 0 saturated heterocycles. The molecule has 1 unspecified atom stereocenters. The lowest BCUT2D eigenvalue weighted by molar-refractivity contribution is 0.447. The fraction of sp³-hybridized carbons (Fsp3) is 0.250. The first-order valence-corrected chi connectivity index (χ1v) is 6.55. The lowest BCUT2D eigenvalue weighted by Gasteiger charge is -2.11. The Bertz CT molecular complexity index is 644. The minimum Gasteiger partial charge on any atom is -0.313 e. The van der Waals surface area contributed by atoms with Crippen molar-refractivity contribution in [1.29, 1.82) is 0 Å². The lowest BCUT2D eigenvalue weighted by atomic mass is 9.99. The highest BCUT2D eigenvalue weighted by Crippen LogP contribution is 2.34. The molecule has 1 atom stereocenters. The van der Waals surface area contributed by atoms with Crippen molar-refractivity contribution in [2.75, 3.05) is 7.05 Å². The summed E-state index contributed by atoms with van der Waals surface area (Å²) >= 11 is 0. The Balaban J connectivity index is 2.04. The predicted molar refractivity (Wildman–Crippen MR) is 71.9 cm³/mol. The van der Waals surface area contributed by atoms with Crippen molar-refractivity contribution in [2.45, 2.75) is 18.9 Å². The normalized spacial score (nSPS) is 17.3. The number of aryl methyl sites for hydroxylation is 1. The van der Waals surface area contributed by atoms with Crippen LogP contribution in [0.1, 0.15) is 23.6 Å². The van der Waals surface area contributed by atoms with Gasteiger partial charge < -0.3 is 5.32 Å². The third kappa shape index (κ3) is 2.10. The van der Waals surface area contributed by atoms with Gasteiger partial charge in [-0.3, -0.25) is 0 Å². The summed E-state index contributed by atoms with van der Waals surface area (Å²) in [7, 11) is 1.92. The van der Waals surface area contributed by atoms with Crippen molar-refractivity contribution >= 4 is 0 Å². The molecular formula is C16H14F3N. The van der Waals surface area contributed by atoms with Crippen LogP contribution in [0, 0.1) is 17.5 Å². The number of nitrogens with one attached hydrogen (secondary N) is 1. The van der Waals surface area contributed by atoms with E-state index in [1.807, 2.05) is 25.2 Å². The van der Waals surface area contributed by atoms with Gasteiger partial charge in [0.05, 0.1) is 0 Å². The van der Waals surface area contributed by atoms with Crippen LogP contribution < -0.4 is 5.32 Å². The van der Waals surface area contributed by atoms with Gasteiger partial charge in [-0.15, -0.1) is 0 Å². The Kier molecular flexibility index (Phi) is 3.26. The molecule has 104 valence electrons. The number of halogens is 3. The third-order valence-electron chi connectivity index (χ3n) is 3.89. The Morgan fingerprint density at radius 3 is 2.35 bits per heavy atom. The van der Waals surface area contributed by atoms with Gasteiger partial charge in [-0.05, 0) is 54.3 Å². The third-order valence-corrected chi connectivity index (χ3v) is 3.89. The van der Waals surface area contributed by atoms with E-state index in [0.717, 1.165) is 25.0 Å². The first-order chi connectivity index (χ1) is 9.60. The number of hydrogen-bond donors (Lipinski definition) is 1. The first kappa shape index (κ1) is 13.2. The zero-order chi connectivity index (χ0) is 14.3. The summed E-state index contributed by atoms with van der Waals surface area (Å²) in [6.07, 6.45) is 1.95. The van der Waals surface area contributed by atoms with Crippen LogP contribution in [0.4, 0.5) is 13.2 Å². The van der Waals surface area contributed by atoms with Crippen LogP contribution in [0.2, 0.25) is 0 Å².